The van der Waals surface area contributed by atoms with Gasteiger partial charge in [-0.15, -0.1) is 0 Å². The third-order valence-electron chi connectivity index (χ3n) is 5.19. The standard InChI is InChI=1S/C20H22N4O4S/c1-20(14-18(25)23-10-3-2-9-17(23)22-20)19(26)21-15-7-6-8-16(13-15)24-11-4-5-12-29(24,27)28/h2-3,6-10,13H,4-5,11-12,14H2,1H3,(H,21,26)/t20-/m1/s1. The normalized spacial score (nSPS) is 25.4. The molecule has 3 aliphatic rings. The second-order valence-electron chi connectivity index (χ2n) is 7.48. The Bertz CT molecular complexity index is 1060. The molecule has 0 bridgehead atoms. The molecule has 3 heterocycles. The van der Waals surface area contributed by atoms with Crippen molar-refractivity contribution >= 4 is 39.0 Å². The molecule has 9 heteroatoms. The lowest BCUT2D eigenvalue weighted by Gasteiger charge is -2.34. The molecule has 0 saturated carbocycles. The van der Waals surface area contributed by atoms with Crippen molar-refractivity contribution in [2.24, 2.45) is 4.99 Å². The molecule has 3 aliphatic heterocycles. The molecule has 1 N–H and O–H groups in total. The molecule has 1 saturated heterocycles. The van der Waals surface area contributed by atoms with Crippen molar-refractivity contribution in [3.05, 3.63) is 48.7 Å². The van der Waals surface area contributed by atoms with Crippen LogP contribution in [0.5, 0.6) is 0 Å². The van der Waals surface area contributed by atoms with E-state index in [2.05, 4.69) is 10.3 Å². The van der Waals surface area contributed by atoms with E-state index in [0.717, 1.165) is 6.42 Å². The van der Waals surface area contributed by atoms with Crippen molar-refractivity contribution in [2.45, 2.75) is 31.7 Å². The second kappa shape index (κ2) is 7.14. The summed E-state index contributed by atoms with van der Waals surface area (Å²) in [5.74, 6) is -0.0738. The van der Waals surface area contributed by atoms with E-state index in [4.69, 9.17) is 0 Å². The highest BCUT2D eigenvalue weighted by molar-refractivity contribution is 7.92. The Morgan fingerprint density at radius 3 is 2.86 bits per heavy atom. The third kappa shape index (κ3) is 3.69. The Kier molecular flexibility index (Phi) is 4.77. The Morgan fingerprint density at radius 1 is 1.24 bits per heavy atom. The zero-order chi connectivity index (χ0) is 20.6. The van der Waals surface area contributed by atoms with Crippen LogP contribution in [-0.2, 0) is 19.6 Å². The Hall–Kier alpha value is -2.94. The van der Waals surface area contributed by atoms with Gasteiger partial charge in [0.15, 0.2) is 0 Å². The fraction of sp³-hybridized carbons (Fsp3) is 0.350. The number of amides is 2. The SMILES string of the molecule is C[C@]1(C(=O)Nc2cccc(N3CCCCS3(=O)=O)c2)CC(=O)N2C=CC=CC2=N1. The molecule has 0 spiro atoms. The third-order valence-corrected chi connectivity index (χ3v) is 7.06. The van der Waals surface area contributed by atoms with Gasteiger partial charge in [0.25, 0.3) is 5.91 Å². The van der Waals surface area contributed by atoms with Crippen molar-refractivity contribution in [3.8, 4) is 0 Å². The highest BCUT2D eigenvalue weighted by Crippen LogP contribution is 2.29. The number of allylic oxidation sites excluding steroid dienone is 2. The van der Waals surface area contributed by atoms with E-state index in [1.807, 2.05) is 0 Å². The summed E-state index contributed by atoms with van der Waals surface area (Å²) in [6.07, 6.45) is 8.20. The highest BCUT2D eigenvalue weighted by atomic mass is 32.2. The van der Waals surface area contributed by atoms with Gasteiger partial charge < -0.3 is 5.32 Å². The lowest BCUT2D eigenvalue weighted by Crippen LogP contribution is -2.50. The van der Waals surface area contributed by atoms with Gasteiger partial charge in [-0.1, -0.05) is 12.1 Å². The van der Waals surface area contributed by atoms with Gasteiger partial charge in [-0.25, -0.2) is 8.42 Å². The van der Waals surface area contributed by atoms with Crippen LogP contribution >= 0.6 is 0 Å². The molecule has 29 heavy (non-hydrogen) atoms. The first-order chi connectivity index (χ1) is 13.8. The molecule has 0 aliphatic carbocycles. The summed E-state index contributed by atoms with van der Waals surface area (Å²) in [5.41, 5.74) is -0.264. The average molecular weight is 414 g/mol. The molecular weight excluding hydrogens is 392 g/mol. The number of sulfonamides is 1. The number of aliphatic imine (C=N–C) groups is 1. The molecule has 1 fully saturated rings. The molecule has 0 radical (unpaired) electrons. The van der Waals surface area contributed by atoms with Crippen molar-refractivity contribution in [3.63, 3.8) is 0 Å². The maximum Gasteiger partial charge on any atom is 0.252 e. The molecular formula is C20H22N4O4S. The van der Waals surface area contributed by atoms with Crippen molar-refractivity contribution in [1.29, 1.82) is 0 Å². The molecule has 1 aromatic rings. The minimum Gasteiger partial charge on any atom is -0.324 e. The maximum atomic E-state index is 13.0. The first kappa shape index (κ1) is 19.4. The van der Waals surface area contributed by atoms with E-state index in [9.17, 15) is 18.0 Å². The summed E-state index contributed by atoms with van der Waals surface area (Å²) in [6.45, 7) is 2.05. The summed E-state index contributed by atoms with van der Waals surface area (Å²) in [6, 6.07) is 6.74. The van der Waals surface area contributed by atoms with Crippen molar-refractivity contribution in [2.75, 3.05) is 21.9 Å². The van der Waals surface area contributed by atoms with E-state index in [-0.39, 0.29) is 18.1 Å². The summed E-state index contributed by atoms with van der Waals surface area (Å²) in [4.78, 5) is 31.3. The average Bonchev–Trinajstić information content (AvgIpc) is 2.68. The lowest BCUT2D eigenvalue weighted by atomic mass is 9.94. The predicted octanol–water partition coefficient (Wildman–Crippen LogP) is 2.03. The smallest absolute Gasteiger partial charge is 0.252 e. The Morgan fingerprint density at radius 2 is 2.07 bits per heavy atom. The van der Waals surface area contributed by atoms with Crippen LogP contribution < -0.4 is 9.62 Å². The van der Waals surface area contributed by atoms with Gasteiger partial charge in [0.1, 0.15) is 11.4 Å². The van der Waals surface area contributed by atoms with Gasteiger partial charge in [-0.05, 0) is 50.1 Å². The van der Waals surface area contributed by atoms with Crippen molar-refractivity contribution in [1.82, 2.24) is 4.90 Å². The first-order valence-electron chi connectivity index (χ1n) is 9.47. The van der Waals surface area contributed by atoms with Gasteiger partial charge in [0.2, 0.25) is 15.9 Å². The van der Waals surface area contributed by atoms with Gasteiger partial charge in [-0.2, -0.15) is 0 Å². The molecule has 8 nitrogen and oxygen atoms in total. The molecule has 0 aromatic heterocycles. The molecule has 4 rings (SSSR count). The number of anilines is 2. The van der Waals surface area contributed by atoms with Crippen LogP contribution in [0.3, 0.4) is 0 Å². The van der Waals surface area contributed by atoms with Crippen LogP contribution in [-0.4, -0.2) is 48.8 Å². The predicted molar refractivity (Wildman–Crippen MR) is 111 cm³/mol. The molecule has 0 unspecified atom stereocenters. The summed E-state index contributed by atoms with van der Waals surface area (Å²) >= 11 is 0. The number of carbonyl (C=O) groups excluding carboxylic acids is 2. The number of carbonyl (C=O) groups is 2. The fourth-order valence-corrected chi connectivity index (χ4v) is 5.25. The number of hydrogen-bond donors (Lipinski definition) is 1. The van der Waals surface area contributed by atoms with Gasteiger partial charge in [0, 0.05) is 18.4 Å². The Labute approximate surface area is 169 Å². The van der Waals surface area contributed by atoms with Gasteiger partial charge >= 0.3 is 0 Å². The van der Waals surface area contributed by atoms with E-state index in [0.29, 0.717) is 30.2 Å². The molecule has 152 valence electrons. The highest BCUT2D eigenvalue weighted by Gasteiger charge is 2.41. The van der Waals surface area contributed by atoms with Gasteiger partial charge in [0.05, 0.1) is 17.9 Å². The number of nitrogens with one attached hydrogen (secondary N) is 1. The number of hydrogen-bond acceptors (Lipinski definition) is 5. The minimum atomic E-state index is -3.34. The van der Waals surface area contributed by atoms with E-state index in [1.165, 1.54) is 9.21 Å². The largest absolute Gasteiger partial charge is 0.324 e. The summed E-state index contributed by atoms with van der Waals surface area (Å²) < 4.78 is 26.1. The number of rotatable bonds is 3. The van der Waals surface area contributed by atoms with E-state index in [1.54, 1.807) is 55.6 Å². The zero-order valence-electron chi connectivity index (χ0n) is 16.0. The fourth-order valence-electron chi connectivity index (χ4n) is 3.62. The number of nitrogens with zero attached hydrogens (tertiary/aromatic N) is 3. The quantitative estimate of drug-likeness (QED) is 0.818. The van der Waals surface area contributed by atoms with Crippen LogP contribution in [0.1, 0.15) is 26.2 Å². The Balaban J connectivity index is 1.57. The van der Waals surface area contributed by atoms with Crippen LogP contribution in [0.4, 0.5) is 11.4 Å². The summed E-state index contributed by atoms with van der Waals surface area (Å²) in [5, 5.41) is 2.79. The van der Waals surface area contributed by atoms with Crippen molar-refractivity contribution < 1.29 is 18.0 Å². The van der Waals surface area contributed by atoms with E-state index < -0.39 is 21.5 Å². The maximum absolute atomic E-state index is 13.0. The second-order valence-corrected chi connectivity index (χ2v) is 9.50. The molecule has 1 atom stereocenters. The molecule has 2 amide bonds. The number of benzene rings is 1. The van der Waals surface area contributed by atoms with Crippen LogP contribution in [0.25, 0.3) is 0 Å². The van der Waals surface area contributed by atoms with Crippen LogP contribution in [0, 0.1) is 0 Å². The van der Waals surface area contributed by atoms with Gasteiger partial charge in [-0.3, -0.25) is 23.8 Å². The zero-order valence-corrected chi connectivity index (χ0v) is 16.9. The van der Waals surface area contributed by atoms with Crippen LogP contribution in [0.2, 0.25) is 0 Å². The van der Waals surface area contributed by atoms with E-state index >= 15 is 0 Å². The lowest BCUT2D eigenvalue weighted by molar-refractivity contribution is -0.132. The van der Waals surface area contributed by atoms with Crippen LogP contribution in [0.15, 0.2) is 53.7 Å². The monoisotopic (exact) mass is 414 g/mol. The topological polar surface area (TPSA) is 99.2 Å². The number of amidine groups is 1. The minimum absolute atomic E-state index is 0.0549. The molecule has 1 aromatic carbocycles. The summed E-state index contributed by atoms with van der Waals surface area (Å²) in [7, 11) is -3.34. The first-order valence-corrected chi connectivity index (χ1v) is 11.1. The number of fused-ring (bicyclic) bond motifs is 1.